The van der Waals surface area contributed by atoms with Gasteiger partial charge in [0.05, 0.1) is 39.6 Å². The van der Waals surface area contributed by atoms with Gasteiger partial charge < -0.3 is 39.4 Å². The first-order valence-electron chi connectivity index (χ1n) is 17.7. The number of hydrogen-bond acceptors (Lipinski definition) is 9. The quantitative estimate of drug-likeness (QED) is 0.147. The van der Waals surface area contributed by atoms with Crippen LogP contribution in [0.15, 0.2) is 84.9 Å². The van der Waals surface area contributed by atoms with Crippen LogP contribution in [0.25, 0.3) is 11.1 Å². The van der Waals surface area contributed by atoms with E-state index >= 15 is 0 Å². The lowest BCUT2D eigenvalue weighted by Gasteiger charge is -2.39. The highest BCUT2D eigenvalue weighted by atomic mass is 16.7. The number of amides is 2. The zero-order valence-corrected chi connectivity index (χ0v) is 29.9. The maximum atomic E-state index is 12.3. The Balaban J connectivity index is 1.16. The molecule has 3 N–H and O–H groups in total. The molecule has 11 nitrogen and oxygen atoms in total. The smallest absolute Gasteiger partial charge is 0.325 e. The molecule has 2 heterocycles. The topological polar surface area (TPSA) is 128 Å². The van der Waals surface area contributed by atoms with E-state index in [1.807, 2.05) is 72.8 Å². The molecule has 3 atom stereocenters. The van der Waals surface area contributed by atoms with Crippen molar-refractivity contribution in [2.24, 2.45) is 0 Å². The predicted molar refractivity (Wildman–Crippen MR) is 196 cm³/mol. The zero-order chi connectivity index (χ0) is 36.5. The molecule has 1 fully saturated rings. The summed E-state index contributed by atoms with van der Waals surface area (Å²) in [6, 6.07) is 27.6. The molecule has 4 aromatic rings. The Bertz CT molecular complexity index is 1810. The molecule has 0 aromatic heterocycles. The lowest BCUT2D eigenvalue weighted by molar-refractivity contribution is -0.253. The SMILES string of the molecule is CCOC(=O)CNC(=O)NCc1ccccc1-c1ccc(C2OC(CN3CCc4cc(OC)c(OC)cc4C3)CC(c3ccc(CO)cc3)O2)cc1. The number of nitrogens with one attached hydrogen (secondary N) is 2. The van der Waals surface area contributed by atoms with E-state index in [2.05, 4.69) is 27.7 Å². The third-order valence-electron chi connectivity index (χ3n) is 9.52. The van der Waals surface area contributed by atoms with E-state index in [0.717, 1.165) is 70.9 Å². The van der Waals surface area contributed by atoms with Crippen LogP contribution in [0.5, 0.6) is 11.5 Å². The molecule has 0 bridgehead atoms. The van der Waals surface area contributed by atoms with Crippen LogP contribution < -0.4 is 20.1 Å². The summed E-state index contributed by atoms with van der Waals surface area (Å²) in [5.74, 6) is 0.999. The van der Waals surface area contributed by atoms with Gasteiger partial charge in [0.2, 0.25) is 0 Å². The van der Waals surface area contributed by atoms with Gasteiger partial charge in [0.25, 0.3) is 0 Å². The van der Waals surface area contributed by atoms with Gasteiger partial charge in [0, 0.05) is 38.2 Å². The number of fused-ring (bicyclic) bond motifs is 1. The first kappa shape index (κ1) is 36.8. The van der Waals surface area contributed by atoms with Crippen LogP contribution in [0.4, 0.5) is 4.79 Å². The van der Waals surface area contributed by atoms with Crippen LogP contribution in [0, 0.1) is 0 Å². The van der Waals surface area contributed by atoms with Crippen LogP contribution in [0.1, 0.15) is 59.1 Å². The molecule has 0 radical (unpaired) electrons. The van der Waals surface area contributed by atoms with Crippen molar-refractivity contribution < 1.29 is 38.4 Å². The molecule has 0 aliphatic carbocycles. The summed E-state index contributed by atoms with van der Waals surface area (Å²) in [6.45, 7) is 4.48. The number of benzene rings is 4. The maximum absolute atomic E-state index is 12.3. The number of rotatable bonds is 13. The third-order valence-corrected chi connectivity index (χ3v) is 9.52. The molecule has 274 valence electrons. The van der Waals surface area contributed by atoms with Crippen LogP contribution in [-0.4, -0.2) is 68.6 Å². The molecule has 0 saturated carbocycles. The molecule has 52 heavy (non-hydrogen) atoms. The number of hydrogen-bond donors (Lipinski definition) is 3. The number of esters is 1. The number of methoxy groups -OCH3 is 2. The summed E-state index contributed by atoms with van der Waals surface area (Å²) in [5.41, 5.74) is 8.19. The maximum Gasteiger partial charge on any atom is 0.325 e. The molecular weight excluding hydrogens is 662 g/mol. The molecule has 4 aromatic carbocycles. The van der Waals surface area contributed by atoms with Gasteiger partial charge >= 0.3 is 12.0 Å². The summed E-state index contributed by atoms with van der Waals surface area (Å²) in [4.78, 5) is 26.4. The second kappa shape index (κ2) is 17.5. The Morgan fingerprint density at radius 3 is 2.31 bits per heavy atom. The number of nitrogens with zero attached hydrogens (tertiary/aromatic N) is 1. The first-order chi connectivity index (χ1) is 25.4. The zero-order valence-electron chi connectivity index (χ0n) is 29.9. The Morgan fingerprint density at radius 1 is 0.885 bits per heavy atom. The fourth-order valence-electron chi connectivity index (χ4n) is 6.80. The highest BCUT2D eigenvalue weighted by Crippen LogP contribution is 2.40. The van der Waals surface area contributed by atoms with Crippen molar-refractivity contribution in [1.29, 1.82) is 0 Å². The normalized spacial score (nSPS) is 18.6. The second-order valence-electron chi connectivity index (χ2n) is 12.9. The minimum Gasteiger partial charge on any atom is -0.493 e. The highest BCUT2D eigenvalue weighted by Gasteiger charge is 2.34. The fraction of sp³-hybridized carbons (Fsp3) is 0.366. The van der Waals surface area contributed by atoms with E-state index in [1.54, 1.807) is 21.1 Å². The van der Waals surface area contributed by atoms with Gasteiger partial charge in [-0.15, -0.1) is 0 Å². The third kappa shape index (κ3) is 9.10. The molecule has 2 amide bonds. The van der Waals surface area contributed by atoms with Gasteiger partial charge in [-0.25, -0.2) is 4.79 Å². The summed E-state index contributed by atoms with van der Waals surface area (Å²) in [6.07, 6.45) is 0.724. The Morgan fingerprint density at radius 2 is 1.60 bits per heavy atom. The van der Waals surface area contributed by atoms with Crippen LogP contribution in [-0.2, 0) is 45.1 Å². The molecule has 2 aliphatic heterocycles. The monoisotopic (exact) mass is 709 g/mol. The molecule has 1 saturated heterocycles. The Kier molecular flexibility index (Phi) is 12.4. The average Bonchev–Trinajstić information content (AvgIpc) is 3.19. The van der Waals surface area contributed by atoms with Crippen LogP contribution in [0.2, 0.25) is 0 Å². The number of urea groups is 1. The Hall–Kier alpha value is -4.94. The summed E-state index contributed by atoms with van der Waals surface area (Å²) in [5, 5.41) is 15.0. The minimum atomic E-state index is -0.586. The predicted octanol–water partition coefficient (Wildman–Crippen LogP) is 5.83. The number of carbonyl (C=O) groups is 2. The molecular formula is C41H47N3O8. The molecule has 6 rings (SSSR count). The number of ether oxygens (including phenoxy) is 5. The van der Waals surface area contributed by atoms with E-state index in [1.165, 1.54) is 11.1 Å². The number of aliphatic hydroxyl groups excluding tert-OH is 1. The number of aliphatic hydroxyl groups is 1. The van der Waals surface area contributed by atoms with Gasteiger partial charge in [-0.3, -0.25) is 9.69 Å². The Labute approximate surface area is 304 Å². The largest absolute Gasteiger partial charge is 0.493 e. The van der Waals surface area contributed by atoms with E-state index in [4.69, 9.17) is 23.7 Å². The fourth-order valence-corrected chi connectivity index (χ4v) is 6.80. The summed E-state index contributed by atoms with van der Waals surface area (Å²) < 4.78 is 29.3. The van der Waals surface area contributed by atoms with Crippen LogP contribution >= 0.6 is 0 Å². The molecule has 11 heteroatoms. The van der Waals surface area contributed by atoms with Crippen molar-refractivity contribution >= 4 is 12.0 Å². The van der Waals surface area contributed by atoms with Crippen molar-refractivity contribution in [3.8, 4) is 22.6 Å². The average molecular weight is 710 g/mol. The minimum absolute atomic E-state index is 0.0124. The van der Waals surface area contributed by atoms with Crippen molar-refractivity contribution in [2.45, 2.75) is 58.0 Å². The number of carbonyl (C=O) groups excluding carboxylic acids is 2. The standard InChI is InChI=1S/C41H47N3O8/c1-4-50-39(46)23-43-41(47)42-22-32-7-5-6-8-35(32)28-13-15-30(16-14-28)40-51-34(21-36(52-40)29-11-9-27(26-45)10-12-29)25-44-18-17-31-19-37(48-2)38(49-3)20-33(31)24-44/h5-16,19-20,34,36,40,45H,4,17-18,21-26H2,1-3H3,(H2,42,43,47). The van der Waals surface area contributed by atoms with Crippen molar-refractivity contribution in [2.75, 3.05) is 40.5 Å². The van der Waals surface area contributed by atoms with Crippen molar-refractivity contribution in [3.05, 3.63) is 118 Å². The second-order valence-corrected chi connectivity index (χ2v) is 12.9. The van der Waals surface area contributed by atoms with Gasteiger partial charge in [-0.1, -0.05) is 72.8 Å². The van der Waals surface area contributed by atoms with E-state index < -0.39 is 18.3 Å². The molecule has 0 spiro atoms. The lowest BCUT2D eigenvalue weighted by Crippen LogP contribution is -2.41. The van der Waals surface area contributed by atoms with Gasteiger partial charge in [0.15, 0.2) is 17.8 Å². The van der Waals surface area contributed by atoms with E-state index in [9.17, 15) is 14.7 Å². The summed E-state index contributed by atoms with van der Waals surface area (Å²) >= 11 is 0. The lowest BCUT2D eigenvalue weighted by atomic mass is 9.96. The van der Waals surface area contributed by atoms with Crippen molar-refractivity contribution in [1.82, 2.24) is 15.5 Å². The van der Waals surface area contributed by atoms with Crippen molar-refractivity contribution in [3.63, 3.8) is 0 Å². The van der Waals surface area contributed by atoms with E-state index in [0.29, 0.717) is 6.42 Å². The highest BCUT2D eigenvalue weighted by molar-refractivity contribution is 5.81. The molecule has 2 aliphatic rings. The van der Waals surface area contributed by atoms with E-state index in [-0.39, 0.29) is 38.5 Å². The van der Waals surface area contributed by atoms with Gasteiger partial charge in [0.1, 0.15) is 6.54 Å². The summed E-state index contributed by atoms with van der Waals surface area (Å²) in [7, 11) is 3.33. The first-order valence-corrected chi connectivity index (χ1v) is 17.7. The van der Waals surface area contributed by atoms with Gasteiger partial charge in [-0.2, -0.15) is 0 Å². The van der Waals surface area contributed by atoms with Gasteiger partial charge in [-0.05, 0) is 64.4 Å². The molecule has 3 unspecified atom stereocenters. The van der Waals surface area contributed by atoms with Crippen LogP contribution in [0.3, 0.4) is 0 Å².